The number of hydrogen-bond acceptors (Lipinski definition) is 2. The topological polar surface area (TPSA) is 49.3 Å². The van der Waals surface area contributed by atoms with Gasteiger partial charge >= 0.3 is 5.97 Å². The molecule has 2 aromatic rings. The lowest BCUT2D eigenvalue weighted by atomic mass is 10.1. The van der Waals surface area contributed by atoms with E-state index in [4.69, 9.17) is 5.11 Å². The Kier molecular flexibility index (Phi) is 3.57. The van der Waals surface area contributed by atoms with Crippen LogP contribution in [0.1, 0.15) is 15.9 Å². The van der Waals surface area contributed by atoms with Crippen LogP contribution in [0.25, 0.3) is 0 Å². The number of hydrogen-bond donors (Lipinski definition) is 2. The average molecular weight is 245 g/mol. The van der Waals surface area contributed by atoms with Crippen LogP contribution in [-0.2, 0) is 6.54 Å². The molecule has 0 spiro atoms. The van der Waals surface area contributed by atoms with E-state index in [1.165, 1.54) is 12.1 Å². The van der Waals surface area contributed by atoms with E-state index in [1.807, 2.05) is 30.3 Å². The van der Waals surface area contributed by atoms with Crippen LogP contribution in [-0.4, -0.2) is 11.1 Å². The number of anilines is 1. The van der Waals surface area contributed by atoms with Crippen LogP contribution >= 0.6 is 0 Å². The molecule has 0 amide bonds. The first-order chi connectivity index (χ1) is 8.66. The Balaban J connectivity index is 2.14. The van der Waals surface area contributed by atoms with Crippen LogP contribution in [0.15, 0.2) is 48.5 Å². The van der Waals surface area contributed by atoms with E-state index in [-0.39, 0.29) is 11.3 Å². The molecule has 3 nitrogen and oxygen atoms in total. The molecule has 0 aromatic heterocycles. The zero-order valence-corrected chi connectivity index (χ0v) is 9.56. The number of carbonyl (C=O) groups is 1. The van der Waals surface area contributed by atoms with E-state index < -0.39 is 11.8 Å². The number of aromatic carboxylic acids is 1. The highest BCUT2D eigenvalue weighted by molar-refractivity contribution is 5.88. The second-order valence-electron chi connectivity index (χ2n) is 3.84. The lowest BCUT2D eigenvalue weighted by Gasteiger charge is -2.08. The van der Waals surface area contributed by atoms with Crippen molar-refractivity contribution in [1.29, 1.82) is 0 Å². The Morgan fingerprint density at radius 2 is 1.89 bits per heavy atom. The second-order valence-corrected chi connectivity index (χ2v) is 3.84. The van der Waals surface area contributed by atoms with Gasteiger partial charge in [0.2, 0.25) is 0 Å². The molecule has 0 aliphatic rings. The number of carboxylic acids is 1. The molecular formula is C14H12FNO2. The van der Waals surface area contributed by atoms with Crippen molar-refractivity contribution in [3.63, 3.8) is 0 Å². The van der Waals surface area contributed by atoms with Gasteiger partial charge in [0.25, 0.3) is 0 Å². The molecule has 0 heterocycles. The lowest BCUT2D eigenvalue weighted by molar-refractivity contribution is 0.0697. The molecule has 2 aromatic carbocycles. The number of carboxylic acid groups (broad SMARTS) is 1. The van der Waals surface area contributed by atoms with E-state index in [0.717, 1.165) is 11.6 Å². The summed E-state index contributed by atoms with van der Waals surface area (Å²) in [5, 5.41) is 11.7. The lowest BCUT2D eigenvalue weighted by Crippen LogP contribution is -2.04. The third-order valence-corrected chi connectivity index (χ3v) is 2.54. The maximum absolute atomic E-state index is 13.5. The normalized spacial score (nSPS) is 10.1. The molecule has 2 N–H and O–H groups in total. The Morgan fingerprint density at radius 1 is 1.17 bits per heavy atom. The summed E-state index contributed by atoms with van der Waals surface area (Å²) in [6, 6.07) is 13.2. The Morgan fingerprint density at radius 3 is 2.56 bits per heavy atom. The highest BCUT2D eigenvalue weighted by atomic mass is 19.1. The molecule has 0 atom stereocenters. The first kappa shape index (κ1) is 12.1. The minimum Gasteiger partial charge on any atom is -0.478 e. The van der Waals surface area contributed by atoms with Crippen molar-refractivity contribution in [2.75, 3.05) is 5.32 Å². The molecule has 0 aliphatic heterocycles. The monoisotopic (exact) mass is 245 g/mol. The standard InChI is InChI=1S/C14H12FNO2/c15-12-7-6-11(14(17)18)8-13(12)16-9-10-4-2-1-3-5-10/h1-8,16H,9H2,(H,17,18). The zero-order valence-electron chi connectivity index (χ0n) is 9.56. The van der Waals surface area contributed by atoms with Crippen molar-refractivity contribution in [1.82, 2.24) is 0 Å². The Labute approximate surface area is 104 Å². The molecule has 0 radical (unpaired) electrons. The molecule has 0 saturated heterocycles. The van der Waals surface area contributed by atoms with Crippen LogP contribution < -0.4 is 5.32 Å². The number of nitrogens with one attached hydrogen (secondary N) is 1. The van der Waals surface area contributed by atoms with Crippen molar-refractivity contribution in [2.24, 2.45) is 0 Å². The smallest absolute Gasteiger partial charge is 0.335 e. The summed E-state index contributed by atoms with van der Waals surface area (Å²) in [6.07, 6.45) is 0. The second kappa shape index (κ2) is 5.31. The number of rotatable bonds is 4. The molecule has 0 fully saturated rings. The summed E-state index contributed by atoms with van der Waals surface area (Å²) in [5.74, 6) is -1.53. The van der Waals surface area contributed by atoms with E-state index in [1.54, 1.807) is 0 Å². The maximum Gasteiger partial charge on any atom is 0.335 e. The van der Waals surface area contributed by atoms with Crippen LogP contribution in [0.3, 0.4) is 0 Å². The van der Waals surface area contributed by atoms with Crippen molar-refractivity contribution in [3.05, 3.63) is 65.5 Å². The Hall–Kier alpha value is -2.36. The molecular weight excluding hydrogens is 233 g/mol. The SMILES string of the molecule is O=C(O)c1ccc(F)c(NCc2ccccc2)c1. The minimum atomic E-state index is -1.07. The summed E-state index contributed by atoms with van der Waals surface area (Å²) < 4.78 is 13.5. The fraction of sp³-hybridized carbons (Fsp3) is 0.0714. The van der Waals surface area contributed by atoms with Crippen molar-refractivity contribution in [2.45, 2.75) is 6.54 Å². The fourth-order valence-corrected chi connectivity index (χ4v) is 1.59. The molecule has 4 heteroatoms. The number of halogens is 1. The first-order valence-electron chi connectivity index (χ1n) is 5.47. The van der Waals surface area contributed by atoms with Crippen LogP contribution in [0.2, 0.25) is 0 Å². The van der Waals surface area contributed by atoms with E-state index >= 15 is 0 Å². The summed E-state index contributed by atoms with van der Waals surface area (Å²) in [4.78, 5) is 10.8. The minimum absolute atomic E-state index is 0.0620. The Bertz CT molecular complexity index is 555. The van der Waals surface area contributed by atoms with Crippen molar-refractivity contribution in [3.8, 4) is 0 Å². The highest BCUT2D eigenvalue weighted by Crippen LogP contribution is 2.17. The van der Waals surface area contributed by atoms with Gasteiger partial charge in [-0.25, -0.2) is 9.18 Å². The zero-order chi connectivity index (χ0) is 13.0. The molecule has 92 valence electrons. The number of benzene rings is 2. The third-order valence-electron chi connectivity index (χ3n) is 2.54. The van der Waals surface area contributed by atoms with E-state index in [2.05, 4.69) is 5.32 Å². The van der Waals surface area contributed by atoms with Gasteiger partial charge in [0.15, 0.2) is 0 Å². The first-order valence-corrected chi connectivity index (χ1v) is 5.47. The molecule has 0 unspecified atom stereocenters. The summed E-state index contributed by atoms with van der Waals surface area (Å²) in [7, 11) is 0. The van der Waals surface area contributed by atoms with Crippen molar-refractivity contribution >= 4 is 11.7 Å². The summed E-state index contributed by atoms with van der Waals surface area (Å²) in [5.41, 5.74) is 1.25. The van der Waals surface area contributed by atoms with Gasteiger partial charge in [0, 0.05) is 6.54 Å². The van der Waals surface area contributed by atoms with Crippen LogP contribution in [0.5, 0.6) is 0 Å². The molecule has 0 bridgehead atoms. The summed E-state index contributed by atoms with van der Waals surface area (Å²) in [6.45, 7) is 0.445. The maximum atomic E-state index is 13.5. The molecule has 2 rings (SSSR count). The van der Waals surface area contributed by atoms with Gasteiger partial charge in [-0.05, 0) is 23.8 Å². The predicted octanol–water partition coefficient (Wildman–Crippen LogP) is 3.14. The van der Waals surface area contributed by atoms with Gasteiger partial charge in [-0.2, -0.15) is 0 Å². The van der Waals surface area contributed by atoms with Gasteiger partial charge in [0.1, 0.15) is 5.82 Å². The van der Waals surface area contributed by atoms with Gasteiger partial charge in [-0.15, -0.1) is 0 Å². The van der Waals surface area contributed by atoms with Crippen LogP contribution in [0, 0.1) is 5.82 Å². The van der Waals surface area contributed by atoms with Gasteiger partial charge < -0.3 is 10.4 Å². The average Bonchev–Trinajstić information content (AvgIpc) is 2.38. The molecule has 18 heavy (non-hydrogen) atoms. The quantitative estimate of drug-likeness (QED) is 0.870. The van der Waals surface area contributed by atoms with E-state index in [0.29, 0.717) is 6.54 Å². The summed E-state index contributed by atoms with van der Waals surface area (Å²) >= 11 is 0. The molecule has 0 saturated carbocycles. The largest absolute Gasteiger partial charge is 0.478 e. The van der Waals surface area contributed by atoms with Gasteiger partial charge in [0.05, 0.1) is 11.3 Å². The molecule has 0 aliphatic carbocycles. The van der Waals surface area contributed by atoms with Crippen molar-refractivity contribution < 1.29 is 14.3 Å². The predicted molar refractivity (Wildman–Crippen MR) is 67.1 cm³/mol. The third kappa shape index (κ3) is 2.85. The highest BCUT2D eigenvalue weighted by Gasteiger charge is 2.07. The van der Waals surface area contributed by atoms with Gasteiger partial charge in [-0.3, -0.25) is 0 Å². The van der Waals surface area contributed by atoms with Crippen LogP contribution in [0.4, 0.5) is 10.1 Å². The van der Waals surface area contributed by atoms with E-state index in [9.17, 15) is 9.18 Å². The van der Waals surface area contributed by atoms with Gasteiger partial charge in [-0.1, -0.05) is 30.3 Å². The fourth-order valence-electron chi connectivity index (χ4n) is 1.59.